The molecule has 0 bridgehead atoms. The van der Waals surface area contributed by atoms with E-state index < -0.39 is 0 Å². The fourth-order valence-corrected chi connectivity index (χ4v) is 2.45. The first-order valence-electron chi connectivity index (χ1n) is 6.15. The van der Waals surface area contributed by atoms with Gasteiger partial charge >= 0.3 is 0 Å². The highest BCUT2D eigenvalue weighted by atomic mass is 16.3. The molecule has 0 aliphatic heterocycles. The third kappa shape index (κ3) is 1.82. The van der Waals surface area contributed by atoms with E-state index in [0.717, 1.165) is 24.0 Å². The van der Waals surface area contributed by atoms with E-state index in [1.807, 2.05) is 0 Å². The van der Waals surface area contributed by atoms with Crippen LogP contribution in [0.4, 0.5) is 0 Å². The molecule has 1 unspecified atom stereocenters. The summed E-state index contributed by atoms with van der Waals surface area (Å²) in [5, 5.41) is 1.29. The third-order valence-corrected chi connectivity index (χ3v) is 3.50. The van der Waals surface area contributed by atoms with Crippen LogP contribution in [0.3, 0.4) is 0 Å². The lowest BCUT2D eigenvalue weighted by Gasteiger charge is -2.16. The molecule has 2 rings (SSSR count). The Kier molecular flexibility index (Phi) is 3.20. The minimum Gasteiger partial charge on any atom is -0.461 e. The maximum atomic E-state index is 5.98. The number of furan rings is 1. The summed E-state index contributed by atoms with van der Waals surface area (Å²) >= 11 is 0. The summed E-state index contributed by atoms with van der Waals surface area (Å²) in [5.41, 5.74) is 8.19. The number of fused-ring (bicyclic) bond motifs is 1. The van der Waals surface area contributed by atoms with Crippen molar-refractivity contribution in [3.05, 3.63) is 22.0 Å². The van der Waals surface area contributed by atoms with E-state index in [1.54, 1.807) is 0 Å². The zero-order valence-electron chi connectivity index (χ0n) is 10.4. The Bertz CT molecular complexity index is 482. The van der Waals surface area contributed by atoms with Crippen LogP contribution in [-0.4, -0.2) is 6.54 Å². The molecule has 1 heterocycles. The van der Waals surface area contributed by atoms with Gasteiger partial charge in [-0.2, -0.15) is 0 Å². The van der Waals surface area contributed by atoms with Crippen molar-refractivity contribution >= 4 is 12.2 Å². The molecule has 1 atom stereocenters. The summed E-state index contributed by atoms with van der Waals surface area (Å²) in [6.45, 7) is 7.21. The van der Waals surface area contributed by atoms with Crippen LogP contribution in [0.25, 0.3) is 12.2 Å². The molecule has 1 aromatic rings. The van der Waals surface area contributed by atoms with E-state index in [9.17, 15) is 0 Å². The van der Waals surface area contributed by atoms with E-state index in [-0.39, 0.29) is 0 Å². The molecule has 1 aliphatic rings. The highest BCUT2D eigenvalue weighted by Gasteiger charge is 2.21. The molecular weight excluding hydrogens is 198 g/mol. The van der Waals surface area contributed by atoms with Crippen LogP contribution in [0.2, 0.25) is 0 Å². The molecule has 88 valence electrons. The van der Waals surface area contributed by atoms with E-state index in [4.69, 9.17) is 10.2 Å². The van der Waals surface area contributed by atoms with Crippen LogP contribution < -0.4 is 16.4 Å². The molecule has 0 radical (unpaired) electrons. The average Bonchev–Trinajstić information content (AvgIpc) is 2.58. The lowest BCUT2D eigenvalue weighted by Crippen LogP contribution is -2.23. The minimum absolute atomic E-state index is 0.340. The van der Waals surface area contributed by atoms with Crippen molar-refractivity contribution in [3.63, 3.8) is 0 Å². The molecule has 2 nitrogen and oxygen atoms in total. The van der Waals surface area contributed by atoms with Crippen molar-refractivity contribution in [2.75, 3.05) is 6.54 Å². The zero-order chi connectivity index (χ0) is 11.7. The Morgan fingerprint density at radius 1 is 1.31 bits per heavy atom. The zero-order valence-corrected chi connectivity index (χ0v) is 10.4. The highest BCUT2D eigenvalue weighted by molar-refractivity contribution is 5.40. The van der Waals surface area contributed by atoms with Crippen molar-refractivity contribution in [2.45, 2.75) is 39.5 Å². The van der Waals surface area contributed by atoms with Gasteiger partial charge in [-0.05, 0) is 37.3 Å². The van der Waals surface area contributed by atoms with Gasteiger partial charge in [-0.1, -0.05) is 19.9 Å². The van der Waals surface area contributed by atoms with Crippen molar-refractivity contribution in [1.82, 2.24) is 0 Å². The quantitative estimate of drug-likeness (QED) is 0.839. The van der Waals surface area contributed by atoms with Gasteiger partial charge in [-0.3, -0.25) is 0 Å². The van der Waals surface area contributed by atoms with Crippen LogP contribution in [0.5, 0.6) is 0 Å². The van der Waals surface area contributed by atoms with Crippen molar-refractivity contribution in [3.8, 4) is 0 Å². The monoisotopic (exact) mass is 219 g/mol. The van der Waals surface area contributed by atoms with E-state index in [2.05, 4.69) is 32.9 Å². The molecule has 1 aliphatic carbocycles. The fraction of sp³-hybridized carbons (Fsp3) is 0.571. The molecular formula is C14H21NO. The number of hydrogen-bond acceptors (Lipinski definition) is 2. The molecule has 0 saturated heterocycles. The van der Waals surface area contributed by atoms with Crippen molar-refractivity contribution in [1.29, 1.82) is 0 Å². The average molecular weight is 219 g/mol. The van der Waals surface area contributed by atoms with Crippen LogP contribution in [0.1, 0.15) is 43.9 Å². The van der Waals surface area contributed by atoms with Crippen LogP contribution in [0.15, 0.2) is 4.42 Å². The summed E-state index contributed by atoms with van der Waals surface area (Å²) in [5.74, 6) is 1.96. The molecule has 2 heteroatoms. The molecule has 2 N–H and O–H groups in total. The molecule has 16 heavy (non-hydrogen) atoms. The Morgan fingerprint density at radius 3 is 2.56 bits per heavy atom. The fourth-order valence-electron chi connectivity index (χ4n) is 2.45. The number of rotatable bonds is 3. The first-order valence-corrected chi connectivity index (χ1v) is 6.15. The van der Waals surface area contributed by atoms with E-state index in [0.29, 0.717) is 18.4 Å². The SMILES string of the molecule is Cc1c(C(CN)C(C)C)oc2c1=CCCC=2. The minimum atomic E-state index is 0.340. The summed E-state index contributed by atoms with van der Waals surface area (Å²) in [6.07, 6.45) is 6.70. The Hall–Kier alpha value is -1.02. The first-order chi connectivity index (χ1) is 7.65. The molecule has 0 aromatic carbocycles. The molecule has 0 saturated carbocycles. The second-order valence-corrected chi connectivity index (χ2v) is 4.94. The third-order valence-electron chi connectivity index (χ3n) is 3.50. The molecule has 0 fully saturated rings. The van der Waals surface area contributed by atoms with Gasteiger partial charge in [0.15, 0.2) is 0 Å². The highest BCUT2D eigenvalue weighted by Crippen LogP contribution is 2.24. The lowest BCUT2D eigenvalue weighted by atomic mass is 9.91. The van der Waals surface area contributed by atoms with Gasteiger partial charge in [0, 0.05) is 17.7 Å². The van der Waals surface area contributed by atoms with Crippen LogP contribution in [0, 0.1) is 12.8 Å². The smallest absolute Gasteiger partial charge is 0.130 e. The maximum Gasteiger partial charge on any atom is 0.130 e. The largest absolute Gasteiger partial charge is 0.461 e. The summed E-state index contributed by atoms with van der Waals surface area (Å²) in [6, 6.07) is 0. The van der Waals surface area contributed by atoms with Gasteiger partial charge in [-0.25, -0.2) is 0 Å². The molecule has 0 spiro atoms. The Labute approximate surface area is 96.8 Å². The van der Waals surface area contributed by atoms with Crippen LogP contribution in [-0.2, 0) is 0 Å². The maximum absolute atomic E-state index is 5.98. The normalized spacial score (nSPS) is 16.6. The second kappa shape index (κ2) is 4.46. The van der Waals surface area contributed by atoms with E-state index in [1.165, 1.54) is 10.8 Å². The lowest BCUT2D eigenvalue weighted by molar-refractivity contribution is 0.384. The van der Waals surface area contributed by atoms with Crippen molar-refractivity contribution in [2.24, 2.45) is 11.7 Å². The standard InChI is InChI=1S/C14H21NO/c1-9(2)12(8-15)14-10(3)11-6-4-5-7-13(11)16-14/h6-7,9,12H,4-5,8,15H2,1-3H3. The predicted octanol–water partition coefficient (Wildman–Crippen LogP) is 1.64. The topological polar surface area (TPSA) is 39.2 Å². The Morgan fingerprint density at radius 2 is 2.00 bits per heavy atom. The van der Waals surface area contributed by atoms with Crippen molar-refractivity contribution < 1.29 is 4.42 Å². The van der Waals surface area contributed by atoms with Gasteiger partial charge < -0.3 is 10.2 Å². The van der Waals surface area contributed by atoms with Crippen LogP contribution >= 0.6 is 0 Å². The predicted molar refractivity (Wildman–Crippen MR) is 67.5 cm³/mol. The second-order valence-electron chi connectivity index (χ2n) is 4.94. The van der Waals surface area contributed by atoms with Gasteiger partial charge in [0.05, 0.1) is 0 Å². The summed E-state index contributed by atoms with van der Waals surface area (Å²) in [7, 11) is 0. The Balaban J connectivity index is 2.55. The summed E-state index contributed by atoms with van der Waals surface area (Å²) in [4.78, 5) is 0. The number of nitrogens with two attached hydrogens (primary N) is 1. The first kappa shape index (κ1) is 11.5. The summed E-state index contributed by atoms with van der Waals surface area (Å²) < 4.78 is 5.98. The van der Waals surface area contributed by atoms with Gasteiger partial charge in [0.25, 0.3) is 0 Å². The van der Waals surface area contributed by atoms with Gasteiger partial charge in [-0.15, -0.1) is 0 Å². The molecule has 0 amide bonds. The number of hydrogen-bond donors (Lipinski definition) is 1. The molecule has 1 aromatic heterocycles. The van der Waals surface area contributed by atoms with E-state index >= 15 is 0 Å². The van der Waals surface area contributed by atoms with Gasteiger partial charge in [0.2, 0.25) is 0 Å². The van der Waals surface area contributed by atoms with Gasteiger partial charge in [0.1, 0.15) is 11.2 Å².